The molecule has 0 unspecified atom stereocenters. The Kier molecular flexibility index (Phi) is 12.6. The van der Waals surface area contributed by atoms with Gasteiger partial charge in [-0.15, -0.1) is 0 Å². The average molecular weight is 620 g/mol. The van der Waals surface area contributed by atoms with Crippen molar-refractivity contribution in [2.45, 2.75) is 80.7 Å². The molecule has 1 aliphatic rings. The Morgan fingerprint density at radius 1 is 1.05 bits per heavy atom. The van der Waals surface area contributed by atoms with Crippen molar-refractivity contribution >= 4 is 29.1 Å². The lowest BCUT2D eigenvalue weighted by Crippen LogP contribution is -2.45. The normalized spacial score (nSPS) is 16.0. The van der Waals surface area contributed by atoms with E-state index in [1.807, 2.05) is 25.1 Å². The number of benzene rings is 2. The third-order valence-electron chi connectivity index (χ3n) is 7.56. The molecule has 7 heteroatoms. The predicted octanol–water partition coefficient (Wildman–Crippen LogP) is 8.98. The molecular formula is C37H50ClN3O3. The highest BCUT2D eigenvalue weighted by Crippen LogP contribution is 2.36. The molecule has 0 saturated carbocycles. The number of halogens is 1. The van der Waals surface area contributed by atoms with E-state index in [0.717, 1.165) is 59.2 Å². The van der Waals surface area contributed by atoms with Crippen LogP contribution in [0.3, 0.4) is 0 Å². The van der Waals surface area contributed by atoms with Crippen LogP contribution in [0.5, 0.6) is 0 Å². The minimum atomic E-state index is -0.764. The first kappa shape index (κ1) is 35.3. The number of likely N-dealkylation sites (tertiary alicyclic amines) is 1. The fourth-order valence-electron chi connectivity index (χ4n) is 5.21. The van der Waals surface area contributed by atoms with E-state index < -0.39 is 11.4 Å². The van der Waals surface area contributed by atoms with Gasteiger partial charge < -0.3 is 9.52 Å². The highest BCUT2D eigenvalue weighted by atomic mass is 35.5. The maximum absolute atomic E-state index is 12.1. The lowest BCUT2D eigenvalue weighted by atomic mass is 9.75. The van der Waals surface area contributed by atoms with Crippen LogP contribution in [0.1, 0.15) is 89.3 Å². The summed E-state index contributed by atoms with van der Waals surface area (Å²) >= 11 is 6.54. The van der Waals surface area contributed by atoms with Crippen molar-refractivity contribution in [3.05, 3.63) is 93.9 Å². The number of aliphatic carboxylic acids is 1. The quantitative estimate of drug-likeness (QED) is 0.191. The summed E-state index contributed by atoms with van der Waals surface area (Å²) in [6, 6.07) is 18.1. The molecule has 0 spiro atoms. The molecule has 0 amide bonds. The Balaban J connectivity index is 0.000000978. The van der Waals surface area contributed by atoms with Crippen LogP contribution >= 0.6 is 11.6 Å². The third-order valence-corrected chi connectivity index (χ3v) is 7.91. The lowest BCUT2D eigenvalue weighted by Gasteiger charge is -2.38. The van der Waals surface area contributed by atoms with Gasteiger partial charge in [0, 0.05) is 36.3 Å². The number of rotatable bonds is 9. The van der Waals surface area contributed by atoms with Crippen LogP contribution in [0.15, 0.2) is 75.3 Å². The Hall–Kier alpha value is -3.22. The molecule has 44 heavy (non-hydrogen) atoms. The van der Waals surface area contributed by atoms with Crippen molar-refractivity contribution in [2.24, 2.45) is 26.7 Å². The third kappa shape index (κ3) is 10.7. The maximum atomic E-state index is 12.1. The molecule has 3 aromatic rings. The number of nitrogens with zero attached hydrogens (tertiary/aromatic N) is 3. The molecule has 1 saturated heterocycles. The number of hydrogen-bond acceptors (Lipinski definition) is 4. The van der Waals surface area contributed by atoms with Gasteiger partial charge in [0.1, 0.15) is 5.76 Å². The number of amidine groups is 1. The molecule has 0 bridgehead atoms. The van der Waals surface area contributed by atoms with E-state index in [9.17, 15) is 9.90 Å². The molecule has 1 fully saturated rings. The highest BCUT2D eigenvalue weighted by molar-refractivity contribution is 6.31. The minimum absolute atomic E-state index is 0.436. The summed E-state index contributed by atoms with van der Waals surface area (Å²) in [6.45, 7) is 17.3. The Morgan fingerprint density at radius 2 is 1.66 bits per heavy atom. The van der Waals surface area contributed by atoms with E-state index >= 15 is 0 Å². The molecule has 1 aliphatic heterocycles. The smallest absolute Gasteiger partial charge is 0.310 e. The molecule has 238 valence electrons. The van der Waals surface area contributed by atoms with Gasteiger partial charge in [0.25, 0.3) is 0 Å². The number of aliphatic imine (C=N–C) groups is 2. The van der Waals surface area contributed by atoms with Crippen molar-refractivity contribution in [3.8, 4) is 0 Å². The zero-order valence-electron chi connectivity index (χ0n) is 27.8. The Morgan fingerprint density at radius 3 is 2.16 bits per heavy atom. The summed E-state index contributed by atoms with van der Waals surface area (Å²) in [5.74, 6) is 1.21. The van der Waals surface area contributed by atoms with Gasteiger partial charge in [-0.25, -0.2) is 4.99 Å². The zero-order valence-corrected chi connectivity index (χ0v) is 28.5. The molecule has 4 rings (SSSR count). The first-order valence-corrected chi connectivity index (χ1v) is 16.0. The second-order valence-corrected chi connectivity index (χ2v) is 14.4. The van der Waals surface area contributed by atoms with Crippen LogP contribution in [-0.2, 0) is 24.2 Å². The maximum Gasteiger partial charge on any atom is 0.310 e. The molecule has 0 aliphatic carbocycles. The van der Waals surface area contributed by atoms with Gasteiger partial charge in [-0.2, -0.15) is 0 Å². The van der Waals surface area contributed by atoms with Gasteiger partial charge in [-0.05, 0) is 85.5 Å². The van der Waals surface area contributed by atoms with Crippen LogP contribution in [0.4, 0.5) is 0 Å². The lowest BCUT2D eigenvalue weighted by molar-refractivity contribution is -0.152. The molecular weight excluding hydrogens is 570 g/mol. The minimum Gasteiger partial charge on any atom is -0.481 e. The zero-order chi connectivity index (χ0) is 32.5. The van der Waals surface area contributed by atoms with E-state index in [0.29, 0.717) is 36.4 Å². The van der Waals surface area contributed by atoms with E-state index in [1.165, 1.54) is 5.56 Å². The van der Waals surface area contributed by atoms with Gasteiger partial charge in [0.15, 0.2) is 5.84 Å². The number of furan rings is 1. The van der Waals surface area contributed by atoms with Crippen LogP contribution in [-0.4, -0.2) is 47.7 Å². The fraction of sp³-hybridized carbons (Fsp3) is 0.486. The van der Waals surface area contributed by atoms with E-state index in [1.54, 1.807) is 13.3 Å². The van der Waals surface area contributed by atoms with Crippen molar-refractivity contribution in [1.29, 1.82) is 0 Å². The van der Waals surface area contributed by atoms with Crippen LogP contribution in [0.25, 0.3) is 0 Å². The van der Waals surface area contributed by atoms with E-state index in [2.05, 4.69) is 87.8 Å². The second kappa shape index (κ2) is 15.7. The van der Waals surface area contributed by atoms with E-state index in [-0.39, 0.29) is 0 Å². The molecule has 2 heterocycles. The number of piperidine rings is 1. The van der Waals surface area contributed by atoms with Crippen LogP contribution < -0.4 is 0 Å². The molecule has 0 atom stereocenters. The summed E-state index contributed by atoms with van der Waals surface area (Å²) in [4.78, 5) is 23.7. The Labute approximate surface area is 269 Å². The van der Waals surface area contributed by atoms with Crippen LogP contribution in [0, 0.1) is 16.7 Å². The van der Waals surface area contributed by atoms with Crippen molar-refractivity contribution < 1.29 is 14.3 Å². The van der Waals surface area contributed by atoms with Gasteiger partial charge in [-0.3, -0.25) is 14.7 Å². The van der Waals surface area contributed by atoms with Gasteiger partial charge in [-0.1, -0.05) is 89.5 Å². The molecule has 6 nitrogen and oxygen atoms in total. The second-order valence-electron chi connectivity index (χ2n) is 14.0. The number of carboxylic acids is 1. The predicted molar refractivity (Wildman–Crippen MR) is 183 cm³/mol. The standard InChI is InChI=1S/C32H38ClN3O3.C5H12/c1-22(2)18-27-12-11-26(19-29(27)33)23(3)35-30(34-4)25-9-7-24(8-10-25)21-36-15-13-32(14-16-36,31(37)38)20-28-6-5-17-39-28;1-5(2,3)4/h5-12,17,19,22H,13-16,18,20-21H2,1-4H3,(H,37,38);1-4H3. The SMILES string of the molecule is CC(C)(C)C.CN=C(N=C(C)c1ccc(CC(C)C)c(Cl)c1)c1ccc(CN2CCC(Cc3ccco3)(C(=O)O)CC2)cc1. The van der Waals surface area contributed by atoms with Gasteiger partial charge in [0.05, 0.1) is 11.7 Å². The van der Waals surface area contributed by atoms with Crippen LogP contribution in [0.2, 0.25) is 5.02 Å². The fourth-order valence-corrected chi connectivity index (χ4v) is 5.47. The number of carbonyl (C=O) groups is 1. The largest absolute Gasteiger partial charge is 0.481 e. The number of carboxylic acid groups (broad SMARTS) is 1. The first-order chi connectivity index (χ1) is 20.7. The number of hydrogen-bond donors (Lipinski definition) is 1. The van der Waals surface area contributed by atoms with Gasteiger partial charge in [0.2, 0.25) is 0 Å². The first-order valence-electron chi connectivity index (χ1n) is 15.6. The molecule has 1 N–H and O–H groups in total. The summed E-state index contributed by atoms with van der Waals surface area (Å²) in [5.41, 5.74) is 4.87. The van der Waals surface area contributed by atoms with Crippen molar-refractivity contribution in [3.63, 3.8) is 0 Å². The summed E-state index contributed by atoms with van der Waals surface area (Å²) < 4.78 is 5.44. The van der Waals surface area contributed by atoms with E-state index in [4.69, 9.17) is 21.0 Å². The summed E-state index contributed by atoms with van der Waals surface area (Å²) in [5, 5.41) is 10.7. The Bertz CT molecular complexity index is 1400. The topological polar surface area (TPSA) is 78.4 Å². The monoisotopic (exact) mass is 619 g/mol. The van der Waals surface area contributed by atoms with Crippen molar-refractivity contribution in [2.75, 3.05) is 20.1 Å². The van der Waals surface area contributed by atoms with Gasteiger partial charge >= 0.3 is 5.97 Å². The molecule has 1 aromatic heterocycles. The highest BCUT2D eigenvalue weighted by Gasteiger charge is 2.42. The average Bonchev–Trinajstić information content (AvgIpc) is 3.46. The molecule has 0 radical (unpaired) electrons. The van der Waals surface area contributed by atoms with Crippen molar-refractivity contribution in [1.82, 2.24) is 4.90 Å². The summed E-state index contributed by atoms with van der Waals surface area (Å²) in [6.07, 6.45) is 4.19. The summed E-state index contributed by atoms with van der Waals surface area (Å²) in [7, 11) is 1.75. The molecule has 2 aromatic carbocycles.